The molecule has 0 atom stereocenters. The molecule has 0 saturated carbocycles. The number of alkyl halides is 3. The fourth-order valence-corrected chi connectivity index (χ4v) is 2.77. The summed E-state index contributed by atoms with van der Waals surface area (Å²) in [4.78, 5) is 2.81. The Hall–Kier alpha value is -2.43. The molecule has 1 N–H and O–H groups in total. The van der Waals surface area contributed by atoms with Gasteiger partial charge in [0, 0.05) is 6.07 Å². The van der Waals surface area contributed by atoms with Crippen LogP contribution >= 0.6 is 0 Å². The molecule has 0 radical (unpaired) electrons. The van der Waals surface area contributed by atoms with Gasteiger partial charge in [-0.25, -0.2) is 13.1 Å². The fourth-order valence-electron chi connectivity index (χ4n) is 1.82. The zero-order valence-electron chi connectivity index (χ0n) is 11.3. The molecule has 0 aliphatic carbocycles. The molecule has 1 aromatic heterocycles. The highest BCUT2D eigenvalue weighted by Crippen LogP contribution is 2.33. The number of rotatable bonds is 3. The number of hydrogen-bond donors (Lipinski definition) is 1. The van der Waals surface area contributed by atoms with Gasteiger partial charge < -0.3 is 13.9 Å². The number of oxazole rings is 1. The largest absolute Gasteiger partial charge is 0.486 e. The van der Waals surface area contributed by atoms with Crippen molar-refractivity contribution in [3.05, 3.63) is 30.2 Å². The quantitative estimate of drug-likeness (QED) is 0.913. The Bertz CT molecular complexity index is 831. The van der Waals surface area contributed by atoms with Gasteiger partial charge in [-0.05, 0) is 12.1 Å². The summed E-state index contributed by atoms with van der Waals surface area (Å²) in [6.45, 7) is 0.604. The smallest absolute Gasteiger partial charge is 0.436 e. The minimum Gasteiger partial charge on any atom is -0.486 e. The van der Waals surface area contributed by atoms with Crippen LogP contribution in [0, 0.1) is 0 Å². The van der Waals surface area contributed by atoms with Gasteiger partial charge in [-0.2, -0.15) is 18.2 Å². The third-order valence-corrected chi connectivity index (χ3v) is 4.16. The van der Waals surface area contributed by atoms with E-state index >= 15 is 0 Å². The highest BCUT2D eigenvalue weighted by atomic mass is 32.2. The molecule has 0 amide bonds. The molecule has 1 aliphatic rings. The van der Waals surface area contributed by atoms with E-state index in [0.717, 1.165) is 0 Å². The van der Waals surface area contributed by atoms with Gasteiger partial charge in [0.2, 0.25) is 0 Å². The van der Waals surface area contributed by atoms with Gasteiger partial charge in [-0.15, -0.1) is 0 Å². The fraction of sp³-hybridized carbons (Fsp3) is 0.250. The van der Waals surface area contributed by atoms with Crippen molar-refractivity contribution in [3.63, 3.8) is 0 Å². The average Bonchev–Trinajstić information content (AvgIpc) is 2.94. The van der Waals surface area contributed by atoms with E-state index in [4.69, 9.17) is 9.47 Å². The van der Waals surface area contributed by atoms with Gasteiger partial charge in [0.15, 0.2) is 17.2 Å². The molecule has 0 unspecified atom stereocenters. The van der Waals surface area contributed by atoms with Crippen LogP contribution < -0.4 is 14.2 Å². The van der Waals surface area contributed by atoms with Crippen molar-refractivity contribution >= 4 is 16.0 Å². The van der Waals surface area contributed by atoms with Crippen LogP contribution in [0.25, 0.3) is 0 Å². The van der Waals surface area contributed by atoms with Crippen LogP contribution in [-0.2, 0) is 16.2 Å². The Kier molecular flexibility index (Phi) is 3.59. The molecule has 7 nitrogen and oxygen atoms in total. The lowest BCUT2D eigenvalue weighted by atomic mass is 10.3. The second-order valence-electron chi connectivity index (χ2n) is 4.45. The summed E-state index contributed by atoms with van der Waals surface area (Å²) >= 11 is 0. The minimum absolute atomic E-state index is 0.225. The molecule has 0 bridgehead atoms. The van der Waals surface area contributed by atoms with Gasteiger partial charge >= 0.3 is 12.2 Å². The lowest BCUT2D eigenvalue weighted by Gasteiger charge is -2.18. The first-order valence-corrected chi connectivity index (χ1v) is 7.69. The van der Waals surface area contributed by atoms with Gasteiger partial charge in [0.05, 0.1) is 4.90 Å². The molecular formula is C12H9F3N2O5S. The van der Waals surface area contributed by atoms with Crippen LogP contribution in [0.5, 0.6) is 11.5 Å². The predicted octanol–water partition coefficient (Wildman–Crippen LogP) is 2.27. The molecule has 3 rings (SSSR count). The molecule has 124 valence electrons. The topological polar surface area (TPSA) is 90.7 Å². The molecule has 23 heavy (non-hydrogen) atoms. The number of nitrogens with zero attached hydrogens (tertiary/aromatic N) is 1. The van der Waals surface area contributed by atoms with Crippen molar-refractivity contribution in [2.45, 2.75) is 11.1 Å². The summed E-state index contributed by atoms with van der Waals surface area (Å²) in [5, 5.41) is 0. The van der Waals surface area contributed by atoms with Crippen molar-refractivity contribution in [3.8, 4) is 11.5 Å². The van der Waals surface area contributed by atoms with E-state index in [0.29, 0.717) is 18.6 Å². The molecule has 11 heteroatoms. The first kappa shape index (κ1) is 15.5. The number of sulfonamides is 1. The first-order chi connectivity index (χ1) is 10.8. The minimum atomic E-state index is -4.73. The third kappa shape index (κ3) is 3.18. The van der Waals surface area contributed by atoms with E-state index in [9.17, 15) is 21.6 Å². The Balaban J connectivity index is 1.86. The number of halogens is 3. The van der Waals surface area contributed by atoms with E-state index in [2.05, 4.69) is 9.40 Å². The summed E-state index contributed by atoms with van der Waals surface area (Å²) in [6, 6.07) is 3.03. The Labute approximate surface area is 128 Å². The van der Waals surface area contributed by atoms with E-state index in [1.165, 1.54) is 18.2 Å². The highest BCUT2D eigenvalue weighted by molar-refractivity contribution is 7.92. The number of anilines is 1. The molecule has 0 saturated heterocycles. The van der Waals surface area contributed by atoms with Gasteiger partial charge in [-0.3, -0.25) is 0 Å². The summed E-state index contributed by atoms with van der Waals surface area (Å²) in [7, 11) is -4.19. The van der Waals surface area contributed by atoms with Crippen molar-refractivity contribution < 1.29 is 35.5 Å². The van der Waals surface area contributed by atoms with Crippen LogP contribution in [0.15, 0.2) is 33.8 Å². The van der Waals surface area contributed by atoms with Crippen LogP contribution in [0.2, 0.25) is 0 Å². The molecule has 0 fully saturated rings. The SMILES string of the molecule is O=S(=O)(Nc1nc(C(F)(F)F)co1)c1ccc2c(c1)OCCO2. The van der Waals surface area contributed by atoms with Gasteiger partial charge in [-0.1, -0.05) is 0 Å². The highest BCUT2D eigenvalue weighted by Gasteiger charge is 2.35. The number of fused-ring (bicyclic) bond motifs is 1. The van der Waals surface area contributed by atoms with E-state index in [1.807, 2.05) is 4.72 Å². The lowest BCUT2D eigenvalue weighted by molar-refractivity contribution is -0.141. The summed E-state index contributed by atoms with van der Waals surface area (Å²) in [5.74, 6) is 0.605. The number of hydrogen-bond acceptors (Lipinski definition) is 6. The van der Waals surface area contributed by atoms with Crippen molar-refractivity contribution in [2.24, 2.45) is 0 Å². The van der Waals surface area contributed by atoms with Crippen molar-refractivity contribution in [1.29, 1.82) is 0 Å². The number of benzene rings is 1. The number of aromatic nitrogens is 1. The monoisotopic (exact) mass is 350 g/mol. The maximum atomic E-state index is 12.4. The summed E-state index contributed by atoms with van der Waals surface area (Å²) in [6.07, 6.45) is -4.41. The van der Waals surface area contributed by atoms with Crippen LogP contribution in [0.4, 0.5) is 19.2 Å². The maximum absolute atomic E-state index is 12.4. The average molecular weight is 350 g/mol. The zero-order valence-corrected chi connectivity index (χ0v) is 12.1. The number of ether oxygens (including phenoxy) is 2. The van der Waals surface area contributed by atoms with Crippen LogP contribution in [-0.4, -0.2) is 26.6 Å². The number of nitrogens with one attached hydrogen (secondary N) is 1. The maximum Gasteiger partial charge on any atom is 0.436 e. The standard InChI is InChI=1S/C12H9F3N2O5S/c13-12(14,15)10-6-22-11(16-10)17-23(18,19)7-1-2-8-9(5-7)21-4-3-20-8/h1-2,5-6H,3-4H2,(H,16,17). The molecular weight excluding hydrogens is 341 g/mol. The molecule has 1 aromatic carbocycles. The molecule has 2 heterocycles. The molecule has 0 spiro atoms. The van der Waals surface area contributed by atoms with Gasteiger partial charge in [0.25, 0.3) is 10.0 Å². The van der Waals surface area contributed by atoms with Crippen LogP contribution in [0.1, 0.15) is 5.69 Å². The zero-order chi connectivity index (χ0) is 16.7. The van der Waals surface area contributed by atoms with Gasteiger partial charge in [0.1, 0.15) is 19.5 Å². The molecule has 1 aliphatic heterocycles. The Morgan fingerprint density at radius 2 is 1.83 bits per heavy atom. The Morgan fingerprint density at radius 1 is 1.13 bits per heavy atom. The normalized spacial score (nSPS) is 14.6. The summed E-state index contributed by atoms with van der Waals surface area (Å²) < 4.78 is 78.4. The first-order valence-electron chi connectivity index (χ1n) is 6.21. The molecule has 2 aromatic rings. The van der Waals surface area contributed by atoms with E-state index in [1.54, 1.807) is 0 Å². The van der Waals surface area contributed by atoms with Crippen molar-refractivity contribution in [1.82, 2.24) is 4.98 Å². The third-order valence-electron chi connectivity index (χ3n) is 2.84. The lowest BCUT2D eigenvalue weighted by Crippen LogP contribution is -2.17. The van der Waals surface area contributed by atoms with E-state index < -0.39 is 27.9 Å². The van der Waals surface area contributed by atoms with E-state index in [-0.39, 0.29) is 17.3 Å². The second-order valence-corrected chi connectivity index (χ2v) is 6.13. The van der Waals surface area contributed by atoms with Crippen molar-refractivity contribution in [2.75, 3.05) is 17.9 Å². The summed E-state index contributed by atoms with van der Waals surface area (Å²) in [5.41, 5.74) is -1.34. The van der Waals surface area contributed by atoms with Crippen LogP contribution in [0.3, 0.4) is 0 Å². The Morgan fingerprint density at radius 3 is 2.48 bits per heavy atom. The predicted molar refractivity (Wildman–Crippen MR) is 69.7 cm³/mol. The second kappa shape index (κ2) is 5.33.